The van der Waals surface area contributed by atoms with Crippen molar-refractivity contribution in [3.05, 3.63) is 53.0 Å². The van der Waals surface area contributed by atoms with E-state index < -0.39 is 0 Å². The minimum Gasteiger partial charge on any atom is -0.325 e. The lowest BCUT2D eigenvalue weighted by atomic mass is 10.1. The largest absolute Gasteiger partial charge is 0.325 e. The van der Waals surface area contributed by atoms with Gasteiger partial charge in [-0.15, -0.1) is 0 Å². The van der Waals surface area contributed by atoms with E-state index >= 15 is 0 Å². The molecule has 0 atom stereocenters. The van der Waals surface area contributed by atoms with E-state index in [2.05, 4.69) is 29.8 Å². The van der Waals surface area contributed by atoms with Gasteiger partial charge in [0, 0.05) is 18.1 Å². The fourth-order valence-electron chi connectivity index (χ4n) is 1.33. The molecule has 0 saturated heterocycles. The number of hydrogen-bond donors (Lipinski definition) is 2. The summed E-state index contributed by atoms with van der Waals surface area (Å²) >= 11 is 4.09. The van der Waals surface area contributed by atoms with Crippen molar-refractivity contribution >= 4 is 24.2 Å². The maximum atomic E-state index is 11.1. The molecule has 3 heteroatoms. The topological polar surface area (TPSA) is 29.1 Å². The molecule has 0 saturated carbocycles. The van der Waals surface area contributed by atoms with Gasteiger partial charge in [0.25, 0.3) is 0 Å². The normalized spacial score (nSPS) is 10.9. The molecule has 0 heterocycles. The molecule has 2 nitrogen and oxygen atoms in total. The van der Waals surface area contributed by atoms with Crippen LogP contribution in [-0.2, 0) is 4.79 Å². The van der Waals surface area contributed by atoms with Crippen LogP contribution in [0.15, 0.2) is 47.4 Å². The molecular weight excluding hydrogens is 242 g/mol. The van der Waals surface area contributed by atoms with Crippen molar-refractivity contribution in [2.75, 3.05) is 5.32 Å². The molecular formula is C15H15NOS. The standard InChI is InChI=1S/C15H15NOS/c1-3-6-13(11-18)9-10-14-7-4-5-8-15(14)16-12(2)17/h3-8,11,18H,1-2H3,(H,16,17)/b6-3-,13-11+. The van der Waals surface area contributed by atoms with E-state index in [0.29, 0.717) is 0 Å². The van der Waals surface area contributed by atoms with Crippen molar-refractivity contribution in [1.29, 1.82) is 0 Å². The first kappa shape index (κ1) is 14.1. The fourth-order valence-corrected chi connectivity index (χ4v) is 1.48. The van der Waals surface area contributed by atoms with E-state index in [1.54, 1.807) is 5.41 Å². The highest BCUT2D eigenvalue weighted by Gasteiger charge is 1.99. The molecule has 1 aromatic rings. The van der Waals surface area contributed by atoms with Gasteiger partial charge in [0.1, 0.15) is 0 Å². The van der Waals surface area contributed by atoms with Crippen LogP contribution in [-0.4, -0.2) is 5.91 Å². The molecule has 1 rings (SSSR count). The number of para-hydroxylation sites is 1. The second-order valence-corrected chi connectivity index (χ2v) is 3.82. The van der Waals surface area contributed by atoms with Crippen molar-refractivity contribution < 1.29 is 4.79 Å². The first-order valence-corrected chi connectivity index (χ1v) is 6.04. The highest BCUT2D eigenvalue weighted by molar-refractivity contribution is 7.83. The zero-order valence-electron chi connectivity index (χ0n) is 10.4. The lowest BCUT2D eigenvalue weighted by molar-refractivity contribution is -0.114. The van der Waals surface area contributed by atoms with Crippen LogP contribution in [0.1, 0.15) is 19.4 Å². The monoisotopic (exact) mass is 257 g/mol. The molecule has 1 amide bonds. The third kappa shape index (κ3) is 4.52. The van der Waals surface area contributed by atoms with Crippen LogP contribution in [0.4, 0.5) is 5.69 Å². The highest BCUT2D eigenvalue weighted by atomic mass is 32.1. The smallest absolute Gasteiger partial charge is 0.221 e. The summed E-state index contributed by atoms with van der Waals surface area (Å²) in [6, 6.07) is 7.43. The van der Waals surface area contributed by atoms with E-state index in [1.165, 1.54) is 6.92 Å². The number of amides is 1. The number of rotatable bonds is 2. The van der Waals surface area contributed by atoms with Gasteiger partial charge in [-0.2, -0.15) is 12.6 Å². The van der Waals surface area contributed by atoms with Gasteiger partial charge < -0.3 is 5.32 Å². The predicted molar refractivity (Wildman–Crippen MR) is 79.5 cm³/mol. The zero-order chi connectivity index (χ0) is 13.4. The zero-order valence-corrected chi connectivity index (χ0v) is 11.3. The maximum absolute atomic E-state index is 11.1. The molecule has 0 spiro atoms. The summed E-state index contributed by atoms with van der Waals surface area (Å²) in [6.45, 7) is 3.40. The van der Waals surface area contributed by atoms with Crippen LogP contribution in [0.2, 0.25) is 0 Å². The minimum absolute atomic E-state index is 0.109. The average molecular weight is 257 g/mol. The molecule has 0 aliphatic heterocycles. The summed E-state index contributed by atoms with van der Waals surface area (Å²) in [5.74, 6) is 5.91. The van der Waals surface area contributed by atoms with E-state index in [1.807, 2.05) is 43.3 Å². The molecule has 1 N–H and O–H groups in total. The molecule has 0 aliphatic rings. The quantitative estimate of drug-likeness (QED) is 0.474. The molecule has 0 aliphatic carbocycles. The Morgan fingerprint density at radius 3 is 2.72 bits per heavy atom. The van der Waals surface area contributed by atoms with Gasteiger partial charge in [0.2, 0.25) is 5.91 Å². The van der Waals surface area contributed by atoms with E-state index in [4.69, 9.17) is 0 Å². The molecule has 0 aromatic heterocycles. The number of allylic oxidation sites excluding steroid dienone is 3. The molecule has 1 aromatic carbocycles. The van der Waals surface area contributed by atoms with Crippen molar-refractivity contribution in [3.8, 4) is 11.8 Å². The summed E-state index contributed by atoms with van der Waals surface area (Å²) in [5, 5.41) is 4.40. The van der Waals surface area contributed by atoms with Gasteiger partial charge >= 0.3 is 0 Å². The Morgan fingerprint density at radius 1 is 1.39 bits per heavy atom. The molecule has 0 radical (unpaired) electrons. The van der Waals surface area contributed by atoms with Crippen LogP contribution in [0.5, 0.6) is 0 Å². The first-order valence-electron chi connectivity index (χ1n) is 5.53. The maximum Gasteiger partial charge on any atom is 0.221 e. The van der Waals surface area contributed by atoms with E-state index in [9.17, 15) is 4.79 Å². The summed E-state index contributed by atoms with van der Waals surface area (Å²) in [5.41, 5.74) is 2.32. The Hall–Kier alpha value is -1.92. The number of carbonyl (C=O) groups excluding carboxylic acids is 1. The highest BCUT2D eigenvalue weighted by Crippen LogP contribution is 2.13. The number of thiol groups is 1. The molecule has 0 fully saturated rings. The van der Waals surface area contributed by atoms with Crippen LogP contribution >= 0.6 is 12.6 Å². The fraction of sp³-hybridized carbons (Fsp3) is 0.133. The predicted octanol–water partition coefficient (Wildman–Crippen LogP) is 3.39. The Kier molecular flexibility index (Phi) is 5.83. The Morgan fingerprint density at radius 2 is 2.11 bits per heavy atom. The SMILES string of the molecule is C/C=C\C(C#Cc1ccccc1NC(C)=O)=C/S. The third-order valence-electron chi connectivity index (χ3n) is 2.06. The minimum atomic E-state index is -0.109. The van der Waals surface area contributed by atoms with E-state index in [-0.39, 0.29) is 5.91 Å². The lowest BCUT2D eigenvalue weighted by Gasteiger charge is -2.03. The average Bonchev–Trinajstić information content (AvgIpc) is 2.35. The van der Waals surface area contributed by atoms with Crippen LogP contribution in [0, 0.1) is 11.8 Å². The molecule has 18 heavy (non-hydrogen) atoms. The Bertz CT molecular complexity index is 547. The lowest BCUT2D eigenvalue weighted by Crippen LogP contribution is -2.06. The van der Waals surface area contributed by atoms with Crippen molar-refractivity contribution in [3.63, 3.8) is 0 Å². The number of benzene rings is 1. The van der Waals surface area contributed by atoms with Crippen LogP contribution in [0.3, 0.4) is 0 Å². The second-order valence-electron chi connectivity index (χ2n) is 3.56. The van der Waals surface area contributed by atoms with Crippen molar-refractivity contribution in [2.45, 2.75) is 13.8 Å². The second kappa shape index (κ2) is 7.41. The number of nitrogens with one attached hydrogen (secondary N) is 1. The molecule has 0 bridgehead atoms. The molecule has 92 valence electrons. The number of carbonyl (C=O) groups is 1. The van der Waals surface area contributed by atoms with Gasteiger partial charge in [-0.3, -0.25) is 4.79 Å². The number of hydrogen-bond acceptors (Lipinski definition) is 2. The molecule has 0 unspecified atom stereocenters. The van der Waals surface area contributed by atoms with Crippen LogP contribution in [0.25, 0.3) is 0 Å². The summed E-state index contributed by atoms with van der Waals surface area (Å²) in [4.78, 5) is 11.1. The van der Waals surface area contributed by atoms with Gasteiger partial charge in [0.05, 0.1) is 5.69 Å². The van der Waals surface area contributed by atoms with Gasteiger partial charge in [0.15, 0.2) is 0 Å². The summed E-state index contributed by atoms with van der Waals surface area (Å²) < 4.78 is 0. The Labute approximate surface area is 113 Å². The van der Waals surface area contributed by atoms with Crippen LogP contribution < -0.4 is 5.32 Å². The number of anilines is 1. The van der Waals surface area contributed by atoms with Gasteiger partial charge in [-0.1, -0.05) is 36.1 Å². The van der Waals surface area contributed by atoms with E-state index in [0.717, 1.165) is 16.8 Å². The summed E-state index contributed by atoms with van der Waals surface area (Å²) in [6.07, 6.45) is 3.78. The van der Waals surface area contributed by atoms with Gasteiger partial charge in [-0.25, -0.2) is 0 Å². The Balaban J connectivity index is 3.04. The van der Waals surface area contributed by atoms with Crippen molar-refractivity contribution in [2.24, 2.45) is 0 Å². The third-order valence-corrected chi connectivity index (χ3v) is 2.34. The van der Waals surface area contributed by atoms with Gasteiger partial charge in [-0.05, 0) is 24.5 Å². The van der Waals surface area contributed by atoms with Crippen molar-refractivity contribution in [1.82, 2.24) is 0 Å². The first-order chi connectivity index (χ1) is 8.67. The summed E-state index contributed by atoms with van der Waals surface area (Å²) in [7, 11) is 0.